The van der Waals surface area contributed by atoms with Crippen LogP contribution in [0.1, 0.15) is 57.0 Å². The summed E-state index contributed by atoms with van der Waals surface area (Å²) in [6.45, 7) is 6.66. The van der Waals surface area contributed by atoms with Gasteiger partial charge in [-0.05, 0) is 38.0 Å². The van der Waals surface area contributed by atoms with Gasteiger partial charge in [0.15, 0.2) is 0 Å². The summed E-state index contributed by atoms with van der Waals surface area (Å²) in [5.41, 5.74) is 7.24. The number of aryl methyl sites for hydroxylation is 1. The van der Waals surface area contributed by atoms with E-state index < -0.39 is 0 Å². The van der Waals surface area contributed by atoms with Gasteiger partial charge in [-0.25, -0.2) is 9.97 Å². The maximum atomic E-state index is 5.77. The summed E-state index contributed by atoms with van der Waals surface area (Å²) in [4.78, 5) is 8.89. The molecule has 1 saturated carbocycles. The van der Waals surface area contributed by atoms with Crippen molar-refractivity contribution in [3.05, 3.63) is 17.6 Å². The summed E-state index contributed by atoms with van der Waals surface area (Å²) in [5.74, 6) is 2.07. The Morgan fingerprint density at radius 2 is 1.88 bits per heavy atom. The first kappa shape index (κ1) is 11.4. The van der Waals surface area contributed by atoms with E-state index in [1.54, 1.807) is 0 Å². The van der Waals surface area contributed by atoms with Gasteiger partial charge in [0.1, 0.15) is 11.6 Å². The van der Waals surface area contributed by atoms with Crippen molar-refractivity contribution in [3.8, 4) is 0 Å². The molecule has 88 valence electrons. The molecule has 0 unspecified atom stereocenters. The highest BCUT2D eigenvalue weighted by molar-refractivity contribution is 5.30. The molecule has 1 aliphatic carbocycles. The molecule has 1 aliphatic rings. The zero-order chi connectivity index (χ0) is 11.8. The summed E-state index contributed by atoms with van der Waals surface area (Å²) >= 11 is 0. The van der Waals surface area contributed by atoms with E-state index in [1.807, 2.05) is 13.0 Å². The smallest absolute Gasteiger partial charge is 0.134 e. The lowest BCUT2D eigenvalue weighted by atomic mass is 9.73. The third kappa shape index (κ3) is 2.52. The fourth-order valence-electron chi connectivity index (χ4n) is 2.46. The van der Waals surface area contributed by atoms with Gasteiger partial charge in [0, 0.05) is 17.7 Å². The molecule has 0 aliphatic heterocycles. The number of hydrogen-bond donors (Lipinski definition) is 1. The highest BCUT2D eigenvalue weighted by atomic mass is 14.9. The quantitative estimate of drug-likeness (QED) is 0.789. The first-order valence-corrected chi connectivity index (χ1v) is 6.07. The van der Waals surface area contributed by atoms with Crippen molar-refractivity contribution in [3.63, 3.8) is 0 Å². The van der Waals surface area contributed by atoms with Gasteiger partial charge in [-0.15, -0.1) is 0 Å². The van der Waals surface area contributed by atoms with Crippen LogP contribution >= 0.6 is 0 Å². The van der Waals surface area contributed by atoms with Crippen LogP contribution in [0.25, 0.3) is 0 Å². The molecular weight excluding hydrogens is 198 g/mol. The Labute approximate surface area is 97.5 Å². The number of nitrogens with two attached hydrogens (primary N) is 1. The SMILES string of the molecule is Cc1cc(N)nc(C2CCC(C)(C)CC2)n1. The van der Waals surface area contributed by atoms with Crippen molar-refractivity contribution in [2.24, 2.45) is 5.41 Å². The predicted molar refractivity (Wildman–Crippen MR) is 66.2 cm³/mol. The lowest BCUT2D eigenvalue weighted by molar-refractivity contribution is 0.221. The van der Waals surface area contributed by atoms with Crippen LogP contribution in [0.15, 0.2) is 6.07 Å². The van der Waals surface area contributed by atoms with Crippen LogP contribution in [0.2, 0.25) is 0 Å². The maximum Gasteiger partial charge on any atom is 0.134 e. The monoisotopic (exact) mass is 219 g/mol. The summed E-state index contributed by atoms with van der Waals surface area (Å²) in [5, 5.41) is 0. The van der Waals surface area contributed by atoms with Crippen molar-refractivity contribution in [2.45, 2.75) is 52.4 Å². The van der Waals surface area contributed by atoms with Gasteiger partial charge in [-0.1, -0.05) is 13.8 Å². The minimum Gasteiger partial charge on any atom is -0.384 e. The Balaban J connectivity index is 2.14. The van der Waals surface area contributed by atoms with E-state index in [-0.39, 0.29) is 0 Å². The molecule has 3 heteroatoms. The Bertz CT molecular complexity index is 355. The zero-order valence-electron chi connectivity index (χ0n) is 10.5. The normalized spacial score (nSPS) is 20.9. The van der Waals surface area contributed by atoms with Gasteiger partial charge < -0.3 is 5.73 Å². The van der Waals surface area contributed by atoms with E-state index in [2.05, 4.69) is 23.8 Å². The fourth-order valence-corrected chi connectivity index (χ4v) is 2.46. The number of nitrogen functional groups attached to an aromatic ring is 1. The van der Waals surface area contributed by atoms with Gasteiger partial charge in [-0.2, -0.15) is 0 Å². The van der Waals surface area contributed by atoms with Crippen LogP contribution < -0.4 is 5.73 Å². The lowest BCUT2D eigenvalue weighted by Gasteiger charge is -2.33. The summed E-state index contributed by atoms with van der Waals surface area (Å²) < 4.78 is 0. The van der Waals surface area contributed by atoms with E-state index in [0.29, 0.717) is 17.2 Å². The molecule has 0 atom stereocenters. The number of rotatable bonds is 1. The summed E-state index contributed by atoms with van der Waals surface area (Å²) in [6.07, 6.45) is 4.90. The molecule has 16 heavy (non-hydrogen) atoms. The number of hydrogen-bond acceptors (Lipinski definition) is 3. The maximum absolute atomic E-state index is 5.77. The molecule has 0 amide bonds. The van der Waals surface area contributed by atoms with E-state index in [9.17, 15) is 0 Å². The number of aromatic nitrogens is 2. The first-order chi connectivity index (χ1) is 7.46. The van der Waals surface area contributed by atoms with Crippen molar-refractivity contribution in [2.75, 3.05) is 5.73 Å². The van der Waals surface area contributed by atoms with E-state index in [4.69, 9.17) is 5.73 Å². The van der Waals surface area contributed by atoms with Gasteiger partial charge >= 0.3 is 0 Å². The van der Waals surface area contributed by atoms with Crippen LogP contribution in [0.3, 0.4) is 0 Å². The molecule has 0 saturated heterocycles. The Kier molecular flexibility index (Phi) is 2.87. The molecule has 0 aromatic carbocycles. The van der Waals surface area contributed by atoms with Crippen LogP contribution in [-0.4, -0.2) is 9.97 Å². The molecule has 2 rings (SSSR count). The van der Waals surface area contributed by atoms with Crippen molar-refractivity contribution in [1.82, 2.24) is 9.97 Å². The van der Waals surface area contributed by atoms with Gasteiger partial charge in [-0.3, -0.25) is 0 Å². The molecule has 1 aromatic rings. The first-order valence-electron chi connectivity index (χ1n) is 6.07. The summed E-state index contributed by atoms with van der Waals surface area (Å²) in [7, 11) is 0. The zero-order valence-corrected chi connectivity index (χ0v) is 10.5. The molecule has 1 heterocycles. The second kappa shape index (κ2) is 4.04. The Morgan fingerprint density at radius 1 is 1.25 bits per heavy atom. The fraction of sp³-hybridized carbons (Fsp3) is 0.692. The van der Waals surface area contributed by atoms with Crippen LogP contribution in [-0.2, 0) is 0 Å². The van der Waals surface area contributed by atoms with Crippen LogP contribution in [0, 0.1) is 12.3 Å². The van der Waals surface area contributed by atoms with Crippen molar-refractivity contribution in [1.29, 1.82) is 0 Å². The third-order valence-electron chi connectivity index (χ3n) is 3.60. The molecule has 1 fully saturated rings. The molecule has 1 aromatic heterocycles. The van der Waals surface area contributed by atoms with E-state index in [1.165, 1.54) is 25.7 Å². The average molecular weight is 219 g/mol. The van der Waals surface area contributed by atoms with Crippen molar-refractivity contribution >= 4 is 5.82 Å². The standard InChI is InChI=1S/C13H21N3/c1-9-8-11(14)16-12(15-9)10-4-6-13(2,3)7-5-10/h8,10H,4-7H2,1-3H3,(H2,14,15,16). The van der Waals surface area contributed by atoms with Gasteiger partial charge in [0.2, 0.25) is 0 Å². The highest BCUT2D eigenvalue weighted by Gasteiger charge is 2.29. The second-order valence-corrected chi connectivity index (χ2v) is 5.73. The van der Waals surface area contributed by atoms with Crippen molar-refractivity contribution < 1.29 is 0 Å². The second-order valence-electron chi connectivity index (χ2n) is 5.73. The van der Waals surface area contributed by atoms with Gasteiger partial charge in [0.05, 0.1) is 0 Å². The number of anilines is 1. The molecular formula is C13H21N3. The third-order valence-corrected chi connectivity index (χ3v) is 3.60. The predicted octanol–water partition coefficient (Wildman–Crippen LogP) is 3.05. The minimum absolute atomic E-state index is 0.492. The van der Waals surface area contributed by atoms with E-state index in [0.717, 1.165) is 11.5 Å². The average Bonchev–Trinajstić information content (AvgIpc) is 2.15. The molecule has 0 bridgehead atoms. The minimum atomic E-state index is 0.492. The Hall–Kier alpha value is -1.12. The molecule has 3 nitrogen and oxygen atoms in total. The topological polar surface area (TPSA) is 51.8 Å². The Morgan fingerprint density at radius 3 is 2.44 bits per heavy atom. The van der Waals surface area contributed by atoms with Crippen LogP contribution in [0.4, 0.5) is 5.82 Å². The summed E-state index contributed by atoms with van der Waals surface area (Å²) in [6, 6.07) is 1.83. The highest BCUT2D eigenvalue weighted by Crippen LogP contribution is 2.41. The van der Waals surface area contributed by atoms with Gasteiger partial charge in [0.25, 0.3) is 0 Å². The molecule has 0 radical (unpaired) electrons. The molecule has 2 N–H and O–H groups in total. The van der Waals surface area contributed by atoms with E-state index >= 15 is 0 Å². The number of nitrogens with zero attached hydrogens (tertiary/aromatic N) is 2. The van der Waals surface area contributed by atoms with Crippen LogP contribution in [0.5, 0.6) is 0 Å². The largest absolute Gasteiger partial charge is 0.384 e. The molecule has 0 spiro atoms. The lowest BCUT2D eigenvalue weighted by Crippen LogP contribution is -2.21.